The summed E-state index contributed by atoms with van der Waals surface area (Å²) in [4.78, 5) is 0. The lowest BCUT2D eigenvalue weighted by atomic mass is 10.2. The third kappa shape index (κ3) is 4.06. The predicted molar refractivity (Wildman–Crippen MR) is 83.5 cm³/mol. The van der Waals surface area contributed by atoms with Gasteiger partial charge in [-0.3, -0.25) is 4.57 Å². The van der Waals surface area contributed by atoms with Crippen LogP contribution in [0.5, 0.6) is 0 Å². The van der Waals surface area contributed by atoms with Crippen molar-refractivity contribution >= 4 is 12.7 Å². The summed E-state index contributed by atoms with van der Waals surface area (Å²) < 4.78 is 19.0. The summed E-state index contributed by atoms with van der Waals surface area (Å²) in [5, 5.41) is 0.795. The molecule has 0 heterocycles. The largest absolute Gasteiger partial charge is 0.325 e. The summed E-state index contributed by atoms with van der Waals surface area (Å²) in [6.45, 7) is 2.64. The SMILES string of the molecule is CCCCOP(=O)(Cc1cc[c]cc1)c1ccccc1. The molecule has 2 rings (SSSR count). The number of rotatable bonds is 7. The molecule has 1 atom stereocenters. The van der Waals surface area contributed by atoms with E-state index in [0.717, 1.165) is 23.7 Å². The summed E-state index contributed by atoms with van der Waals surface area (Å²) in [7, 11) is -2.84. The van der Waals surface area contributed by atoms with Crippen LogP contribution in [0.1, 0.15) is 25.3 Å². The molecule has 0 aliphatic heterocycles. The molecule has 1 radical (unpaired) electrons. The van der Waals surface area contributed by atoms with Crippen LogP contribution in [0.4, 0.5) is 0 Å². The van der Waals surface area contributed by atoms with Crippen molar-refractivity contribution in [3.63, 3.8) is 0 Å². The zero-order valence-electron chi connectivity index (χ0n) is 11.8. The Morgan fingerprint density at radius 1 is 1.10 bits per heavy atom. The van der Waals surface area contributed by atoms with Crippen molar-refractivity contribution in [1.29, 1.82) is 0 Å². The lowest BCUT2D eigenvalue weighted by Crippen LogP contribution is -2.10. The lowest BCUT2D eigenvalue weighted by molar-refractivity contribution is 0.311. The van der Waals surface area contributed by atoms with Crippen LogP contribution in [0.2, 0.25) is 0 Å². The quantitative estimate of drug-likeness (QED) is 0.557. The Labute approximate surface area is 121 Å². The van der Waals surface area contributed by atoms with E-state index in [2.05, 4.69) is 13.0 Å². The Bertz CT molecular complexity index is 552. The zero-order valence-corrected chi connectivity index (χ0v) is 12.7. The fourth-order valence-electron chi connectivity index (χ4n) is 1.99. The van der Waals surface area contributed by atoms with Gasteiger partial charge in [-0.05, 0) is 30.2 Å². The fraction of sp³-hybridized carbons (Fsp3) is 0.294. The molecule has 0 saturated carbocycles. The molecule has 0 aliphatic rings. The zero-order chi connectivity index (χ0) is 14.3. The number of hydrogen-bond acceptors (Lipinski definition) is 2. The number of unbranched alkanes of at least 4 members (excludes halogenated alkanes) is 1. The fourth-order valence-corrected chi connectivity index (χ4v) is 4.15. The van der Waals surface area contributed by atoms with E-state index in [1.807, 2.05) is 54.6 Å². The van der Waals surface area contributed by atoms with Gasteiger partial charge < -0.3 is 4.52 Å². The maximum Gasteiger partial charge on any atom is 0.236 e. The van der Waals surface area contributed by atoms with Crippen LogP contribution in [0.3, 0.4) is 0 Å². The van der Waals surface area contributed by atoms with Crippen molar-refractivity contribution in [3.05, 3.63) is 66.2 Å². The molecule has 0 aliphatic carbocycles. The van der Waals surface area contributed by atoms with Gasteiger partial charge in [-0.15, -0.1) is 0 Å². The second kappa shape index (κ2) is 7.42. The standard InChI is InChI=1S/C17H20O2P/c1-2-3-14-19-20(18,17-12-8-5-9-13-17)15-16-10-6-4-7-11-16/h5-13H,2-3,14-15H2,1H3. The highest BCUT2D eigenvalue weighted by molar-refractivity contribution is 7.66. The molecule has 0 spiro atoms. The molecule has 2 nitrogen and oxygen atoms in total. The van der Waals surface area contributed by atoms with Crippen LogP contribution in [0.25, 0.3) is 0 Å². The molecule has 1 unspecified atom stereocenters. The first-order chi connectivity index (χ1) is 9.74. The average Bonchev–Trinajstić information content (AvgIpc) is 2.49. The average molecular weight is 287 g/mol. The maximum atomic E-state index is 13.2. The first-order valence-corrected chi connectivity index (χ1v) is 8.80. The Hall–Kier alpha value is -1.37. The highest BCUT2D eigenvalue weighted by Gasteiger charge is 2.25. The van der Waals surface area contributed by atoms with E-state index < -0.39 is 7.37 Å². The van der Waals surface area contributed by atoms with Gasteiger partial charge in [-0.1, -0.05) is 55.8 Å². The van der Waals surface area contributed by atoms with E-state index in [0.29, 0.717) is 12.8 Å². The van der Waals surface area contributed by atoms with Crippen molar-refractivity contribution in [2.45, 2.75) is 25.9 Å². The van der Waals surface area contributed by atoms with Crippen LogP contribution in [-0.2, 0) is 15.3 Å². The first kappa shape index (κ1) is 15.0. The van der Waals surface area contributed by atoms with E-state index in [1.54, 1.807) is 0 Å². The van der Waals surface area contributed by atoms with Crippen molar-refractivity contribution in [2.75, 3.05) is 6.61 Å². The second-order valence-electron chi connectivity index (χ2n) is 4.76. The van der Waals surface area contributed by atoms with E-state index in [1.165, 1.54) is 0 Å². The molecule has 0 aromatic heterocycles. The Balaban J connectivity index is 2.22. The molecule has 20 heavy (non-hydrogen) atoms. The first-order valence-electron chi connectivity index (χ1n) is 6.99. The smallest absolute Gasteiger partial charge is 0.236 e. The van der Waals surface area contributed by atoms with Gasteiger partial charge >= 0.3 is 0 Å². The molecule has 0 fully saturated rings. The minimum Gasteiger partial charge on any atom is -0.325 e. The van der Waals surface area contributed by atoms with Gasteiger partial charge in [0.1, 0.15) is 0 Å². The van der Waals surface area contributed by atoms with Crippen molar-refractivity contribution in [2.24, 2.45) is 0 Å². The molecule has 2 aromatic rings. The van der Waals surface area contributed by atoms with Crippen LogP contribution in [0, 0.1) is 6.07 Å². The second-order valence-corrected chi connectivity index (χ2v) is 7.20. The maximum absolute atomic E-state index is 13.2. The van der Waals surface area contributed by atoms with Gasteiger partial charge in [0, 0.05) is 5.30 Å². The van der Waals surface area contributed by atoms with Crippen molar-refractivity contribution < 1.29 is 9.09 Å². The van der Waals surface area contributed by atoms with Gasteiger partial charge in [0.05, 0.1) is 12.8 Å². The Morgan fingerprint density at radius 3 is 2.45 bits per heavy atom. The number of hydrogen-bond donors (Lipinski definition) is 0. The van der Waals surface area contributed by atoms with Crippen molar-refractivity contribution in [3.8, 4) is 0 Å². The van der Waals surface area contributed by atoms with Crippen LogP contribution < -0.4 is 5.30 Å². The highest BCUT2D eigenvalue weighted by atomic mass is 31.2. The topological polar surface area (TPSA) is 26.3 Å². The summed E-state index contributed by atoms with van der Waals surface area (Å²) in [5.74, 6) is 0. The normalized spacial score (nSPS) is 13.8. The molecule has 3 heteroatoms. The van der Waals surface area contributed by atoms with E-state index in [9.17, 15) is 4.57 Å². The van der Waals surface area contributed by atoms with E-state index in [-0.39, 0.29) is 0 Å². The van der Waals surface area contributed by atoms with E-state index in [4.69, 9.17) is 4.52 Å². The summed E-state index contributed by atoms with van der Waals surface area (Å²) in [6, 6.07) is 20.1. The third-order valence-electron chi connectivity index (χ3n) is 3.13. The van der Waals surface area contributed by atoms with Crippen LogP contribution in [-0.4, -0.2) is 6.61 Å². The summed E-state index contributed by atoms with van der Waals surface area (Å²) in [6.07, 6.45) is 2.41. The molecule has 105 valence electrons. The van der Waals surface area contributed by atoms with Gasteiger partial charge in [0.2, 0.25) is 7.37 Å². The molecule has 0 amide bonds. The minimum atomic E-state index is -2.84. The Morgan fingerprint density at radius 2 is 1.80 bits per heavy atom. The molecule has 0 saturated heterocycles. The van der Waals surface area contributed by atoms with Crippen molar-refractivity contribution in [1.82, 2.24) is 0 Å². The molecular formula is C17H20O2P. The van der Waals surface area contributed by atoms with Gasteiger partial charge in [-0.2, -0.15) is 0 Å². The molecule has 2 aromatic carbocycles. The van der Waals surface area contributed by atoms with Gasteiger partial charge in [-0.25, -0.2) is 0 Å². The van der Waals surface area contributed by atoms with Gasteiger partial charge in [0.15, 0.2) is 0 Å². The third-order valence-corrected chi connectivity index (χ3v) is 5.59. The molecule has 0 bridgehead atoms. The predicted octanol–water partition coefficient (Wildman–Crippen LogP) is 4.41. The van der Waals surface area contributed by atoms with Crippen LogP contribution >= 0.6 is 7.37 Å². The van der Waals surface area contributed by atoms with E-state index >= 15 is 0 Å². The monoisotopic (exact) mass is 287 g/mol. The lowest BCUT2D eigenvalue weighted by Gasteiger charge is -2.19. The Kier molecular flexibility index (Phi) is 5.58. The molecular weight excluding hydrogens is 267 g/mol. The summed E-state index contributed by atoms with van der Waals surface area (Å²) >= 11 is 0. The minimum absolute atomic E-state index is 0.440. The summed E-state index contributed by atoms with van der Waals surface area (Å²) in [5.41, 5.74) is 1.02. The van der Waals surface area contributed by atoms with Gasteiger partial charge in [0.25, 0.3) is 0 Å². The highest BCUT2D eigenvalue weighted by Crippen LogP contribution is 2.49. The number of benzene rings is 2. The van der Waals surface area contributed by atoms with Crippen LogP contribution in [0.15, 0.2) is 54.6 Å². The molecule has 0 N–H and O–H groups in total.